The van der Waals surface area contributed by atoms with E-state index in [9.17, 15) is 8.78 Å². The first-order chi connectivity index (χ1) is 18.4. The van der Waals surface area contributed by atoms with Crippen LogP contribution in [-0.4, -0.2) is 37.1 Å². The van der Waals surface area contributed by atoms with Gasteiger partial charge in [-0.1, -0.05) is 0 Å². The van der Waals surface area contributed by atoms with Crippen LogP contribution in [0.15, 0.2) is 36.8 Å². The van der Waals surface area contributed by atoms with E-state index >= 15 is 0 Å². The Morgan fingerprint density at radius 3 is 2.63 bits per heavy atom. The molecule has 3 aromatic heterocycles. The molecule has 6 rings (SSSR count). The summed E-state index contributed by atoms with van der Waals surface area (Å²) in [7, 11) is 0. The molecule has 3 atom stereocenters. The van der Waals surface area contributed by atoms with Gasteiger partial charge in [0, 0.05) is 30.0 Å². The van der Waals surface area contributed by atoms with Crippen LogP contribution in [0.1, 0.15) is 57.0 Å². The minimum Gasteiger partial charge on any atom is -0.326 e. The third-order valence-electron chi connectivity index (χ3n) is 8.03. The summed E-state index contributed by atoms with van der Waals surface area (Å²) in [6.07, 6.45) is 10.9. The molecular formula is C29H33F2N7. The Balaban J connectivity index is 1.20. The lowest BCUT2D eigenvalue weighted by Crippen LogP contribution is -2.37. The summed E-state index contributed by atoms with van der Waals surface area (Å²) in [6.45, 7) is 7.01. The highest BCUT2D eigenvalue weighted by Crippen LogP contribution is 2.38. The molecule has 1 aliphatic carbocycles. The smallest absolute Gasteiger partial charge is 0.228 e. The number of imidazole rings is 1. The van der Waals surface area contributed by atoms with E-state index in [2.05, 4.69) is 30.6 Å². The number of aromatic nitrogens is 5. The highest BCUT2D eigenvalue weighted by molar-refractivity contribution is 5.84. The predicted octanol–water partition coefficient (Wildman–Crippen LogP) is 6.12. The number of aryl methyl sites for hydroxylation is 1. The Bertz CT molecular complexity index is 1450. The van der Waals surface area contributed by atoms with Gasteiger partial charge in [0.2, 0.25) is 5.95 Å². The van der Waals surface area contributed by atoms with Crippen LogP contribution in [0, 0.1) is 30.4 Å². The Labute approximate surface area is 221 Å². The van der Waals surface area contributed by atoms with Gasteiger partial charge in [-0.25, -0.2) is 28.7 Å². The molecule has 0 bridgehead atoms. The summed E-state index contributed by atoms with van der Waals surface area (Å²) in [5.41, 5.74) is 2.70. The van der Waals surface area contributed by atoms with Crippen molar-refractivity contribution in [2.24, 2.45) is 11.8 Å². The standard InChI is InChI=1S/C29H33F2N7/c1-16(2)38-17(3)36-28-23(30)10-21(11-26(28)38)22-12-27(33-15-24(22)31)37-29-34-13-19(14-35-29)7-18-8-20-5-4-6-32-25(20)9-18/h10-16,18,20,25,32H,4-9H2,1-3H3,(H,33,34,35,37)/t18?,20-,25+/m0/s1. The first-order valence-corrected chi connectivity index (χ1v) is 13.5. The normalized spacial score (nSPS) is 21.3. The molecule has 0 amide bonds. The van der Waals surface area contributed by atoms with Crippen molar-refractivity contribution in [3.05, 3.63) is 59.8 Å². The van der Waals surface area contributed by atoms with Crippen molar-refractivity contribution in [3.63, 3.8) is 0 Å². The molecular weight excluding hydrogens is 484 g/mol. The van der Waals surface area contributed by atoms with Crippen LogP contribution in [0.2, 0.25) is 0 Å². The number of hydrogen-bond acceptors (Lipinski definition) is 6. The van der Waals surface area contributed by atoms with Crippen molar-refractivity contribution in [2.45, 2.75) is 65.0 Å². The number of rotatable bonds is 6. The van der Waals surface area contributed by atoms with Crippen LogP contribution in [-0.2, 0) is 6.42 Å². The maximum absolute atomic E-state index is 15.0. The van der Waals surface area contributed by atoms with Gasteiger partial charge in [-0.3, -0.25) is 0 Å². The molecule has 0 spiro atoms. The van der Waals surface area contributed by atoms with Gasteiger partial charge in [0.1, 0.15) is 23.0 Å². The van der Waals surface area contributed by atoms with Crippen molar-refractivity contribution >= 4 is 22.8 Å². The number of halogens is 2. The minimum atomic E-state index is -0.537. The van der Waals surface area contributed by atoms with Crippen LogP contribution in [0.5, 0.6) is 0 Å². The molecule has 2 aliphatic rings. The summed E-state index contributed by atoms with van der Waals surface area (Å²) in [5.74, 6) is 1.93. The largest absolute Gasteiger partial charge is 0.326 e. The van der Waals surface area contributed by atoms with Gasteiger partial charge in [-0.2, -0.15) is 0 Å². The SMILES string of the molecule is Cc1nc2c(F)cc(-c3cc(Nc4ncc(CC5C[C@@H]6CCCN[C@@H]6C5)cn4)ncc3F)cc2n1C(C)C. The lowest BCUT2D eigenvalue weighted by Gasteiger charge is -2.26. The fourth-order valence-electron chi connectivity index (χ4n) is 6.40. The van der Waals surface area contributed by atoms with Crippen molar-refractivity contribution < 1.29 is 8.78 Å². The van der Waals surface area contributed by atoms with Crippen LogP contribution in [0.3, 0.4) is 0 Å². The number of benzene rings is 1. The number of fused-ring (bicyclic) bond motifs is 2. The Hall–Kier alpha value is -3.46. The van der Waals surface area contributed by atoms with E-state index in [1.165, 1.54) is 31.7 Å². The molecule has 4 heterocycles. The third-order valence-corrected chi connectivity index (χ3v) is 8.03. The molecule has 1 saturated heterocycles. The molecule has 4 aromatic rings. The van der Waals surface area contributed by atoms with Gasteiger partial charge in [0.15, 0.2) is 5.82 Å². The maximum atomic E-state index is 15.0. The van der Waals surface area contributed by atoms with Gasteiger partial charge < -0.3 is 15.2 Å². The van der Waals surface area contributed by atoms with Crippen LogP contribution < -0.4 is 10.6 Å². The molecule has 2 fully saturated rings. The molecule has 0 radical (unpaired) electrons. The van der Waals surface area contributed by atoms with Crippen molar-refractivity contribution in [1.82, 2.24) is 29.8 Å². The summed E-state index contributed by atoms with van der Waals surface area (Å²) in [5, 5.41) is 6.74. The number of hydrogen-bond donors (Lipinski definition) is 2. The molecule has 198 valence electrons. The van der Waals surface area contributed by atoms with Gasteiger partial charge in [-0.05, 0) is 101 Å². The lowest BCUT2D eigenvalue weighted by atomic mass is 9.93. The monoisotopic (exact) mass is 517 g/mol. The Morgan fingerprint density at radius 2 is 1.87 bits per heavy atom. The number of piperidine rings is 1. The van der Waals surface area contributed by atoms with E-state index in [0.29, 0.717) is 40.6 Å². The average Bonchev–Trinajstić information content (AvgIpc) is 3.46. The molecule has 1 unspecified atom stereocenters. The van der Waals surface area contributed by atoms with Crippen molar-refractivity contribution in [2.75, 3.05) is 11.9 Å². The highest BCUT2D eigenvalue weighted by Gasteiger charge is 2.35. The first-order valence-electron chi connectivity index (χ1n) is 13.5. The van der Waals surface area contributed by atoms with E-state index < -0.39 is 11.6 Å². The highest BCUT2D eigenvalue weighted by atomic mass is 19.1. The van der Waals surface area contributed by atoms with E-state index in [0.717, 1.165) is 30.6 Å². The van der Waals surface area contributed by atoms with Crippen molar-refractivity contribution in [1.29, 1.82) is 0 Å². The topological polar surface area (TPSA) is 80.6 Å². The summed E-state index contributed by atoms with van der Waals surface area (Å²) >= 11 is 0. The second-order valence-corrected chi connectivity index (χ2v) is 11.0. The Morgan fingerprint density at radius 1 is 1.05 bits per heavy atom. The van der Waals surface area contributed by atoms with Gasteiger partial charge in [-0.15, -0.1) is 0 Å². The summed E-state index contributed by atoms with van der Waals surface area (Å²) < 4.78 is 31.8. The third kappa shape index (κ3) is 4.75. The van der Waals surface area contributed by atoms with Gasteiger partial charge in [0.05, 0.1) is 11.7 Å². The molecule has 2 N–H and O–H groups in total. The fraction of sp³-hybridized carbons (Fsp3) is 0.448. The summed E-state index contributed by atoms with van der Waals surface area (Å²) in [4.78, 5) is 17.5. The number of anilines is 2. The minimum absolute atomic E-state index is 0.0868. The number of nitrogens with zero attached hydrogens (tertiary/aromatic N) is 5. The summed E-state index contributed by atoms with van der Waals surface area (Å²) in [6, 6.07) is 5.41. The second-order valence-electron chi connectivity index (χ2n) is 11.0. The van der Waals surface area contributed by atoms with Crippen LogP contribution in [0.4, 0.5) is 20.5 Å². The van der Waals surface area contributed by atoms with E-state index in [-0.39, 0.29) is 17.1 Å². The number of nitrogens with one attached hydrogen (secondary N) is 2. The molecule has 38 heavy (non-hydrogen) atoms. The lowest BCUT2D eigenvalue weighted by molar-refractivity contribution is 0.318. The van der Waals surface area contributed by atoms with E-state index in [1.807, 2.05) is 37.7 Å². The zero-order valence-corrected chi connectivity index (χ0v) is 22.0. The van der Waals surface area contributed by atoms with Gasteiger partial charge in [0.25, 0.3) is 0 Å². The molecule has 9 heteroatoms. The van der Waals surface area contributed by atoms with E-state index in [4.69, 9.17) is 0 Å². The zero-order chi connectivity index (χ0) is 26.4. The first kappa shape index (κ1) is 24.9. The predicted molar refractivity (Wildman–Crippen MR) is 144 cm³/mol. The molecule has 1 aromatic carbocycles. The average molecular weight is 518 g/mol. The fourth-order valence-corrected chi connectivity index (χ4v) is 6.40. The van der Waals surface area contributed by atoms with E-state index in [1.54, 1.807) is 12.1 Å². The Kier molecular flexibility index (Phi) is 6.55. The molecule has 7 nitrogen and oxygen atoms in total. The number of pyridine rings is 1. The maximum Gasteiger partial charge on any atom is 0.228 e. The quantitative estimate of drug-likeness (QED) is 0.321. The zero-order valence-electron chi connectivity index (χ0n) is 22.0. The van der Waals surface area contributed by atoms with Crippen molar-refractivity contribution in [3.8, 4) is 11.1 Å². The van der Waals surface area contributed by atoms with Crippen LogP contribution in [0.25, 0.3) is 22.2 Å². The second kappa shape index (κ2) is 10.0. The molecule has 1 aliphatic heterocycles. The van der Waals surface area contributed by atoms with Gasteiger partial charge >= 0.3 is 0 Å². The van der Waals surface area contributed by atoms with Crippen LogP contribution >= 0.6 is 0 Å². The molecule has 1 saturated carbocycles.